The molecule has 0 saturated carbocycles. The van der Waals surface area contributed by atoms with Gasteiger partial charge in [-0.2, -0.15) is 18.4 Å². The van der Waals surface area contributed by atoms with Crippen molar-refractivity contribution in [2.75, 3.05) is 0 Å². The number of hydrogen-bond donors (Lipinski definition) is 0. The lowest BCUT2D eigenvalue weighted by molar-refractivity contribution is -0.137. The van der Waals surface area contributed by atoms with E-state index < -0.39 is 11.7 Å². The molecule has 0 aliphatic carbocycles. The van der Waals surface area contributed by atoms with Crippen molar-refractivity contribution in [3.63, 3.8) is 0 Å². The number of nitrogens with zero attached hydrogens (tertiary/aromatic N) is 3. The van der Waals surface area contributed by atoms with Gasteiger partial charge in [-0.05, 0) is 66.2 Å². The van der Waals surface area contributed by atoms with Crippen molar-refractivity contribution in [1.29, 1.82) is 5.26 Å². The molecule has 58 heavy (non-hydrogen) atoms. The zero-order chi connectivity index (χ0) is 38.9. The zero-order valence-electron chi connectivity index (χ0n) is 30.3. The van der Waals surface area contributed by atoms with Crippen LogP contribution in [0.1, 0.15) is 11.1 Å². The summed E-state index contributed by atoms with van der Waals surface area (Å²) in [6, 6.07) is 53.8. The van der Waals surface area contributed by atoms with Gasteiger partial charge < -0.3 is 9.13 Å². The Morgan fingerprint density at radius 1 is 0.466 bits per heavy atom. The minimum atomic E-state index is -4.55. The molecule has 8 aromatic carbocycles. The van der Waals surface area contributed by atoms with E-state index in [2.05, 4.69) is 112 Å². The average Bonchev–Trinajstić information content (AvgIpc) is 4.00. The molecule has 0 amide bonds. The number of benzene rings is 8. The average molecular weight is 790 g/mol. The van der Waals surface area contributed by atoms with Gasteiger partial charge in [-0.25, -0.2) is 0 Å². The number of halogens is 3. The molecule has 8 heteroatoms. The minimum Gasteiger partial charge on any atom is -0.306 e. The van der Waals surface area contributed by atoms with Crippen LogP contribution in [0.4, 0.5) is 13.2 Å². The monoisotopic (exact) mass is 789 g/mol. The van der Waals surface area contributed by atoms with Crippen LogP contribution in [-0.2, 0) is 6.18 Å². The Labute approximate surface area is 336 Å². The minimum absolute atomic E-state index is 0.276. The fraction of sp³-hybridized carbons (Fsp3) is 0.0200. The van der Waals surface area contributed by atoms with E-state index >= 15 is 0 Å². The van der Waals surface area contributed by atoms with Gasteiger partial charge in [-0.1, -0.05) is 97.1 Å². The number of hydrogen-bond acceptors (Lipinski definition) is 3. The Morgan fingerprint density at radius 2 is 0.966 bits per heavy atom. The second-order valence-corrected chi connectivity index (χ2v) is 16.8. The van der Waals surface area contributed by atoms with Gasteiger partial charge in [0.05, 0.1) is 50.6 Å². The third-order valence-electron chi connectivity index (χ3n) is 11.6. The van der Waals surface area contributed by atoms with Gasteiger partial charge in [0.25, 0.3) is 0 Å². The van der Waals surface area contributed by atoms with Crippen LogP contribution < -0.4 is 0 Å². The van der Waals surface area contributed by atoms with Crippen molar-refractivity contribution in [3.8, 4) is 28.6 Å². The number of aromatic nitrogens is 2. The predicted octanol–water partition coefficient (Wildman–Crippen LogP) is 15.2. The Hall–Kier alpha value is -6.92. The van der Waals surface area contributed by atoms with Crippen LogP contribution in [0.5, 0.6) is 0 Å². The first-order valence-corrected chi connectivity index (χ1v) is 20.4. The maximum atomic E-state index is 14.3. The molecule has 0 bridgehead atoms. The van der Waals surface area contributed by atoms with Crippen molar-refractivity contribution in [2.45, 2.75) is 6.18 Å². The second-order valence-electron chi connectivity index (χ2n) is 14.6. The van der Waals surface area contributed by atoms with E-state index in [0.717, 1.165) is 98.1 Å². The van der Waals surface area contributed by atoms with Crippen LogP contribution in [0, 0.1) is 11.3 Å². The molecular formula is C50H26F3N3S2. The maximum absolute atomic E-state index is 14.3. The SMILES string of the molecule is N#Cc1cc(-n2c3ccccc3c3ccc4sc5ccccc5c4c32)c(-n2c3ccccc3c3ccc4sc5ccccc5c4c32)cc1-c1cccc(C(F)(F)F)c1. The van der Waals surface area contributed by atoms with Gasteiger partial charge in [0, 0.05) is 67.5 Å². The number of nitriles is 1. The molecule has 3 nitrogen and oxygen atoms in total. The van der Waals surface area contributed by atoms with Gasteiger partial charge in [-0.3, -0.25) is 0 Å². The molecule has 0 N–H and O–H groups in total. The topological polar surface area (TPSA) is 33.6 Å². The Bertz CT molecular complexity index is 3760. The summed E-state index contributed by atoms with van der Waals surface area (Å²) in [4.78, 5) is 0. The zero-order valence-corrected chi connectivity index (χ0v) is 31.9. The summed E-state index contributed by atoms with van der Waals surface area (Å²) < 4.78 is 51.9. The quantitative estimate of drug-likeness (QED) is 0.175. The predicted molar refractivity (Wildman–Crippen MR) is 236 cm³/mol. The van der Waals surface area contributed by atoms with Crippen LogP contribution >= 0.6 is 22.7 Å². The first kappa shape index (κ1) is 33.2. The van der Waals surface area contributed by atoms with Crippen molar-refractivity contribution in [3.05, 3.63) is 169 Å². The largest absolute Gasteiger partial charge is 0.416 e. The molecule has 0 aliphatic heterocycles. The maximum Gasteiger partial charge on any atom is 0.416 e. The summed E-state index contributed by atoms with van der Waals surface area (Å²) in [6.45, 7) is 0. The Kier molecular flexibility index (Phi) is 6.90. The van der Waals surface area contributed by atoms with E-state index in [-0.39, 0.29) is 5.56 Å². The highest BCUT2D eigenvalue weighted by atomic mass is 32.1. The highest BCUT2D eigenvalue weighted by Crippen LogP contribution is 2.48. The lowest BCUT2D eigenvalue weighted by Gasteiger charge is -2.20. The molecular weight excluding hydrogens is 764 g/mol. The molecule has 274 valence electrons. The Morgan fingerprint density at radius 3 is 1.50 bits per heavy atom. The molecule has 0 aliphatic rings. The van der Waals surface area contributed by atoms with E-state index in [9.17, 15) is 18.4 Å². The normalized spacial score (nSPS) is 12.4. The molecule has 12 rings (SSSR count). The van der Waals surface area contributed by atoms with Crippen LogP contribution in [0.15, 0.2) is 158 Å². The molecule has 0 fully saturated rings. The smallest absolute Gasteiger partial charge is 0.306 e. The summed E-state index contributed by atoms with van der Waals surface area (Å²) in [5.41, 5.74) is 5.68. The second kappa shape index (κ2) is 12.0. The van der Waals surface area contributed by atoms with E-state index in [4.69, 9.17) is 0 Å². The molecule has 4 heterocycles. The number of para-hydroxylation sites is 2. The summed E-state index contributed by atoms with van der Waals surface area (Å²) >= 11 is 3.49. The van der Waals surface area contributed by atoms with E-state index in [1.54, 1.807) is 28.7 Å². The van der Waals surface area contributed by atoms with Gasteiger partial charge in [0.2, 0.25) is 0 Å². The number of thiophene rings is 2. The molecule has 0 radical (unpaired) electrons. The van der Waals surface area contributed by atoms with Gasteiger partial charge in [-0.15, -0.1) is 22.7 Å². The van der Waals surface area contributed by atoms with Crippen LogP contribution in [0.3, 0.4) is 0 Å². The van der Waals surface area contributed by atoms with Crippen LogP contribution in [0.2, 0.25) is 0 Å². The third-order valence-corrected chi connectivity index (χ3v) is 13.8. The highest BCUT2D eigenvalue weighted by molar-refractivity contribution is 7.26. The van der Waals surface area contributed by atoms with Crippen LogP contribution in [-0.4, -0.2) is 9.13 Å². The summed E-state index contributed by atoms with van der Waals surface area (Å²) in [6.07, 6.45) is -4.55. The molecule has 12 aromatic rings. The lowest BCUT2D eigenvalue weighted by atomic mass is 9.96. The van der Waals surface area contributed by atoms with Crippen molar-refractivity contribution in [1.82, 2.24) is 9.13 Å². The Balaban J connectivity index is 1.32. The molecule has 4 aromatic heterocycles. The molecule has 0 spiro atoms. The molecule has 0 unspecified atom stereocenters. The van der Waals surface area contributed by atoms with Gasteiger partial charge >= 0.3 is 6.18 Å². The summed E-state index contributed by atoms with van der Waals surface area (Å²) in [5.74, 6) is 0. The first-order valence-electron chi connectivity index (χ1n) is 18.8. The fourth-order valence-electron chi connectivity index (χ4n) is 9.16. The standard InChI is InChI=1S/C50H26F3N3S2/c51-50(52,53)30-11-9-10-28(24-30)37-26-41(56-39-17-6-2-13-32(39)34-21-23-45-47(49(34)56)36-15-4-8-19-43(36)58-45)40(25-29(37)27-54)55-38-16-5-1-12-31(38)33-20-22-44-46(48(33)55)35-14-3-7-18-42(35)57-44/h1-26H. The summed E-state index contributed by atoms with van der Waals surface area (Å²) in [5, 5.41) is 19.7. The number of alkyl halides is 3. The number of fused-ring (bicyclic) bond motifs is 14. The van der Waals surface area contributed by atoms with Crippen molar-refractivity contribution >= 4 is 107 Å². The fourth-order valence-corrected chi connectivity index (χ4v) is 11.4. The van der Waals surface area contributed by atoms with E-state index in [0.29, 0.717) is 11.1 Å². The van der Waals surface area contributed by atoms with Crippen molar-refractivity contribution < 1.29 is 13.2 Å². The molecule has 0 atom stereocenters. The van der Waals surface area contributed by atoms with Gasteiger partial charge in [0.1, 0.15) is 0 Å². The van der Waals surface area contributed by atoms with Gasteiger partial charge in [0.15, 0.2) is 0 Å². The van der Waals surface area contributed by atoms with Crippen molar-refractivity contribution in [2.24, 2.45) is 0 Å². The third kappa shape index (κ3) is 4.60. The summed E-state index contributed by atoms with van der Waals surface area (Å²) in [7, 11) is 0. The molecule has 0 saturated heterocycles. The van der Waals surface area contributed by atoms with Crippen LogP contribution in [0.25, 0.3) is 106 Å². The first-order chi connectivity index (χ1) is 28.4. The lowest BCUT2D eigenvalue weighted by Crippen LogP contribution is -2.07. The van der Waals surface area contributed by atoms with E-state index in [1.807, 2.05) is 36.4 Å². The van der Waals surface area contributed by atoms with E-state index in [1.165, 1.54) is 15.5 Å². The number of rotatable bonds is 3. The highest BCUT2D eigenvalue weighted by Gasteiger charge is 2.31.